The molecule has 2 aliphatic heterocycles. The number of amides is 1. The number of anilines is 1. The van der Waals surface area contributed by atoms with Gasteiger partial charge in [0, 0.05) is 49.8 Å². The summed E-state index contributed by atoms with van der Waals surface area (Å²) in [6.07, 6.45) is -0.0369. The molecule has 0 N–H and O–H groups in total. The van der Waals surface area contributed by atoms with E-state index in [2.05, 4.69) is 20.8 Å². The second-order valence-electron chi connectivity index (χ2n) is 7.76. The number of carbonyl (C=O) groups is 1. The second kappa shape index (κ2) is 9.76. The molecule has 9 heteroatoms. The quantitative estimate of drug-likeness (QED) is 0.475. The third kappa shape index (κ3) is 5.23. The molecule has 8 nitrogen and oxygen atoms in total. The Morgan fingerprint density at radius 3 is 2.48 bits per heavy atom. The normalized spacial score (nSPS) is 20.0. The first-order chi connectivity index (χ1) is 15.0. The van der Waals surface area contributed by atoms with Crippen LogP contribution in [0, 0.1) is 10.1 Å². The standard InChI is InChI=1S/C22H25BrN4O4/c23-18-7-5-17(6-8-18)21-15-24(13-14-31-21)16-22(28)26-11-9-25(10-12-26)19-3-1-2-4-20(19)27(29)30/h1-8,21H,9-16H2. The second-order valence-corrected chi connectivity index (χ2v) is 8.68. The number of halogens is 1. The van der Waals surface area contributed by atoms with Gasteiger partial charge in [-0.2, -0.15) is 0 Å². The molecular weight excluding hydrogens is 464 g/mol. The predicted molar refractivity (Wildman–Crippen MR) is 121 cm³/mol. The van der Waals surface area contributed by atoms with Gasteiger partial charge in [0.2, 0.25) is 5.91 Å². The van der Waals surface area contributed by atoms with Crippen LogP contribution in [0.2, 0.25) is 0 Å². The predicted octanol–water partition coefficient (Wildman–Crippen LogP) is 3.08. The Morgan fingerprint density at radius 2 is 1.77 bits per heavy atom. The number of benzene rings is 2. The van der Waals surface area contributed by atoms with Gasteiger partial charge in [0.05, 0.1) is 24.2 Å². The van der Waals surface area contributed by atoms with Crippen molar-refractivity contribution in [1.29, 1.82) is 0 Å². The Bertz CT molecular complexity index is 931. The maximum Gasteiger partial charge on any atom is 0.292 e. The number of morpholine rings is 1. The molecule has 1 atom stereocenters. The number of hydrogen-bond acceptors (Lipinski definition) is 6. The van der Waals surface area contributed by atoms with E-state index in [0.717, 1.165) is 16.6 Å². The van der Waals surface area contributed by atoms with Gasteiger partial charge in [-0.25, -0.2) is 0 Å². The van der Waals surface area contributed by atoms with Gasteiger partial charge in [0.15, 0.2) is 0 Å². The lowest BCUT2D eigenvalue weighted by Gasteiger charge is -2.38. The van der Waals surface area contributed by atoms with Crippen molar-refractivity contribution in [3.05, 3.63) is 68.7 Å². The van der Waals surface area contributed by atoms with E-state index in [0.29, 0.717) is 51.6 Å². The van der Waals surface area contributed by atoms with E-state index in [-0.39, 0.29) is 22.6 Å². The molecule has 0 bridgehead atoms. The molecule has 2 heterocycles. The lowest BCUT2D eigenvalue weighted by Crippen LogP contribution is -2.52. The van der Waals surface area contributed by atoms with Crippen molar-refractivity contribution in [2.75, 3.05) is 57.3 Å². The van der Waals surface area contributed by atoms with Crippen molar-refractivity contribution >= 4 is 33.2 Å². The Hall–Kier alpha value is -2.49. The zero-order valence-electron chi connectivity index (χ0n) is 17.2. The molecule has 1 amide bonds. The van der Waals surface area contributed by atoms with Crippen LogP contribution in [0.25, 0.3) is 0 Å². The van der Waals surface area contributed by atoms with Crippen LogP contribution in [0.1, 0.15) is 11.7 Å². The Morgan fingerprint density at radius 1 is 1.06 bits per heavy atom. The highest BCUT2D eigenvalue weighted by atomic mass is 79.9. The number of rotatable bonds is 5. The number of hydrogen-bond donors (Lipinski definition) is 0. The summed E-state index contributed by atoms with van der Waals surface area (Å²) in [6, 6.07) is 14.9. The van der Waals surface area contributed by atoms with Gasteiger partial charge in [-0.3, -0.25) is 19.8 Å². The van der Waals surface area contributed by atoms with E-state index in [1.54, 1.807) is 18.2 Å². The highest BCUT2D eigenvalue weighted by molar-refractivity contribution is 9.10. The van der Waals surface area contributed by atoms with Crippen molar-refractivity contribution < 1.29 is 14.5 Å². The van der Waals surface area contributed by atoms with Gasteiger partial charge in [-0.05, 0) is 23.8 Å². The number of nitro benzene ring substituents is 1. The molecule has 2 aliphatic rings. The highest BCUT2D eigenvalue weighted by Crippen LogP contribution is 2.28. The molecule has 0 spiro atoms. The largest absolute Gasteiger partial charge is 0.371 e. The first-order valence-corrected chi connectivity index (χ1v) is 11.2. The van der Waals surface area contributed by atoms with Crippen molar-refractivity contribution in [2.24, 2.45) is 0 Å². The fourth-order valence-corrected chi connectivity index (χ4v) is 4.36. The molecule has 2 saturated heterocycles. The SMILES string of the molecule is O=C(CN1CCOC(c2ccc(Br)cc2)C1)N1CCN(c2ccccc2[N+](=O)[O-])CC1. The van der Waals surface area contributed by atoms with Crippen molar-refractivity contribution in [3.63, 3.8) is 0 Å². The van der Waals surface area contributed by atoms with Gasteiger partial charge in [0.1, 0.15) is 5.69 Å². The first-order valence-electron chi connectivity index (χ1n) is 10.4. The lowest BCUT2D eigenvalue weighted by atomic mass is 10.1. The lowest BCUT2D eigenvalue weighted by molar-refractivity contribution is -0.384. The van der Waals surface area contributed by atoms with Crippen LogP contribution in [0.5, 0.6) is 0 Å². The summed E-state index contributed by atoms with van der Waals surface area (Å²) in [5, 5.41) is 11.3. The minimum atomic E-state index is -0.354. The number of nitrogens with zero attached hydrogens (tertiary/aromatic N) is 4. The van der Waals surface area contributed by atoms with Gasteiger partial charge in [-0.15, -0.1) is 0 Å². The van der Waals surface area contributed by atoms with Crippen LogP contribution >= 0.6 is 15.9 Å². The minimum absolute atomic E-state index is 0.0369. The third-order valence-corrected chi connectivity index (χ3v) is 6.33. The first kappa shape index (κ1) is 21.7. The van der Waals surface area contributed by atoms with Gasteiger partial charge in [-0.1, -0.05) is 40.2 Å². The van der Waals surface area contributed by atoms with E-state index in [9.17, 15) is 14.9 Å². The van der Waals surface area contributed by atoms with Gasteiger partial charge < -0.3 is 14.5 Å². The van der Waals surface area contributed by atoms with Gasteiger partial charge in [0.25, 0.3) is 5.69 Å². The maximum absolute atomic E-state index is 12.9. The summed E-state index contributed by atoms with van der Waals surface area (Å²) in [7, 11) is 0. The number of ether oxygens (including phenoxy) is 1. The molecule has 0 aliphatic carbocycles. The van der Waals surface area contributed by atoms with Crippen LogP contribution < -0.4 is 4.90 Å². The fourth-order valence-electron chi connectivity index (χ4n) is 4.10. The molecule has 4 rings (SSSR count). The molecule has 0 aromatic heterocycles. The number of piperazine rings is 1. The Balaban J connectivity index is 1.31. The molecule has 31 heavy (non-hydrogen) atoms. The summed E-state index contributed by atoms with van der Waals surface area (Å²) in [5.74, 6) is 0.0960. The number of nitro groups is 1. The summed E-state index contributed by atoms with van der Waals surface area (Å²) in [6.45, 7) is 4.67. The summed E-state index contributed by atoms with van der Waals surface area (Å²) in [5.41, 5.74) is 1.83. The van der Waals surface area contributed by atoms with Crippen LogP contribution in [-0.2, 0) is 9.53 Å². The molecule has 0 saturated carbocycles. The van der Waals surface area contributed by atoms with Crippen LogP contribution in [0.3, 0.4) is 0 Å². The van der Waals surface area contributed by atoms with E-state index in [4.69, 9.17) is 4.74 Å². The molecule has 1 unspecified atom stereocenters. The van der Waals surface area contributed by atoms with Crippen molar-refractivity contribution in [3.8, 4) is 0 Å². The van der Waals surface area contributed by atoms with E-state index < -0.39 is 0 Å². The summed E-state index contributed by atoms with van der Waals surface area (Å²) >= 11 is 3.45. The molecular formula is C22H25BrN4O4. The fraction of sp³-hybridized carbons (Fsp3) is 0.409. The summed E-state index contributed by atoms with van der Waals surface area (Å²) < 4.78 is 6.94. The number of para-hydroxylation sites is 2. The molecule has 2 aromatic carbocycles. The van der Waals surface area contributed by atoms with Crippen LogP contribution in [-0.4, -0.2) is 73.1 Å². The molecule has 2 aromatic rings. The Labute approximate surface area is 189 Å². The highest BCUT2D eigenvalue weighted by Gasteiger charge is 2.28. The van der Waals surface area contributed by atoms with E-state index in [1.165, 1.54) is 6.07 Å². The third-order valence-electron chi connectivity index (χ3n) is 5.80. The zero-order valence-corrected chi connectivity index (χ0v) is 18.7. The molecule has 2 fully saturated rings. The van der Waals surface area contributed by atoms with Crippen molar-refractivity contribution in [1.82, 2.24) is 9.80 Å². The minimum Gasteiger partial charge on any atom is -0.371 e. The molecule has 164 valence electrons. The maximum atomic E-state index is 12.9. The average Bonchev–Trinajstić information content (AvgIpc) is 2.80. The monoisotopic (exact) mass is 488 g/mol. The number of carbonyl (C=O) groups excluding carboxylic acids is 1. The topological polar surface area (TPSA) is 79.2 Å². The molecule has 0 radical (unpaired) electrons. The van der Waals surface area contributed by atoms with E-state index >= 15 is 0 Å². The Kier molecular flexibility index (Phi) is 6.84. The van der Waals surface area contributed by atoms with Crippen molar-refractivity contribution in [2.45, 2.75) is 6.10 Å². The smallest absolute Gasteiger partial charge is 0.292 e. The van der Waals surface area contributed by atoms with Gasteiger partial charge >= 0.3 is 0 Å². The van der Waals surface area contributed by atoms with Crippen LogP contribution in [0.15, 0.2) is 53.0 Å². The average molecular weight is 489 g/mol. The van der Waals surface area contributed by atoms with Crippen LogP contribution in [0.4, 0.5) is 11.4 Å². The zero-order chi connectivity index (χ0) is 21.8. The van der Waals surface area contributed by atoms with E-state index in [1.807, 2.05) is 34.1 Å². The summed E-state index contributed by atoms with van der Waals surface area (Å²) in [4.78, 5) is 29.8.